The van der Waals surface area contributed by atoms with Crippen molar-refractivity contribution in [3.8, 4) is 5.75 Å². The number of benzene rings is 1. The second kappa shape index (κ2) is 9.05. The minimum absolute atomic E-state index is 0.0531. The van der Waals surface area contributed by atoms with Gasteiger partial charge in [0.2, 0.25) is 17.7 Å². The quantitative estimate of drug-likeness (QED) is 0.721. The Morgan fingerprint density at radius 2 is 2.07 bits per heavy atom. The van der Waals surface area contributed by atoms with E-state index in [9.17, 15) is 14.4 Å². The van der Waals surface area contributed by atoms with E-state index < -0.39 is 12.0 Å². The summed E-state index contributed by atoms with van der Waals surface area (Å²) in [6.07, 6.45) is 2.12. The minimum Gasteiger partial charge on any atom is -0.497 e. The molecule has 3 rings (SSSR count). The van der Waals surface area contributed by atoms with Gasteiger partial charge in [0.25, 0.3) is 0 Å². The molecule has 8 nitrogen and oxygen atoms in total. The van der Waals surface area contributed by atoms with Gasteiger partial charge in [0.15, 0.2) is 0 Å². The maximum absolute atomic E-state index is 12.5. The summed E-state index contributed by atoms with van der Waals surface area (Å²) in [6, 6.07) is 6.46. The normalized spacial score (nSPS) is 22.8. The van der Waals surface area contributed by atoms with E-state index in [1.165, 1.54) is 0 Å². The van der Waals surface area contributed by atoms with Crippen molar-refractivity contribution in [3.05, 3.63) is 24.3 Å². The Labute approximate surface area is 164 Å². The van der Waals surface area contributed by atoms with E-state index >= 15 is 0 Å². The zero-order valence-corrected chi connectivity index (χ0v) is 16.3. The lowest BCUT2D eigenvalue weighted by Gasteiger charge is -2.19. The van der Waals surface area contributed by atoms with Crippen molar-refractivity contribution in [2.24, 2.45) is 5.92 Å². The first-order valence-electron chi connectivity index (χ1n) is 9.62. The van der Waals surface area contributed by atoms with Gasteiger partial charge >= 0.3 is 0 Å². The molecule has 0 aliphatic carbocycles. The lowest BCUT2D eigenvalue weighted by molar-refractivity contribution is -0.131. The number of anilines is 1. The number of ether oxygens (including phenoxy) is 2. The van der Waals surface area contributed by atoms with Gasteiger partial charge in [0.05, 0.1) is 19.1 Å². The van der Waals surface area contributed by atoms with E-state index in [4.69, 9.17) is 9.47 Å². The lowest BCUT2D eigenvalue weighted by atomic mass is 10.1. The molecule has 1 aromatic carbocycles. The van der Waals surface area contributed by atoms with Gasteiger partial charge in [0, 0.05) is 31.8 Å². The van der Waals surface area contributed by atoms with Gasteiger partial charge in [-0.1, -0.05) is 0 Å². The Morgan fingerprint density at radius 1 is 1.32 bits per heavy atom. The fraction of sp³-hybridized carbons (Fsp3) is 0.550. The maximum atomic E-state index is 12.5. The smallest absolute Gasteiger partial charge is 0.242 e. The van der Waals surface area contributed by atoms with Crippen molar-refractivity contribution in [2.75, 3.05) is 31.7 Å². The molecule has 2 N–H and O–H groups in total. The number of hydrogen-bond acceptors (Lipinski definition) is 5. The van der Waals surface area contributed by atoms with Gasteiger partial charge in [-0.15, -0.1) is 0 Å². The highest BCUT2D eigenvalue weighted by molar-refractivity contribution is 6.01. The zero-order chi connectivity index (χ0) is 20.1. The first-order chi connectivity index (χ1) is 13.5. The molecular formula is C20H27N3O5. The van der Waals surface area contributed by atoms with Crippen molar-refractivity contribution < 1.29 is 23.9 Å². The summed E-state index contributed by atoms with van der Waals surface area (Å²) in [5.74, 6) is -0.430. The Kier molecular flexibility index (Phi) is 6.51. The Morgan fingerprint density at radius 3 is 2.71 bits per heavy atom. The van der Waals surface area contributed by atoms with Crippen LogP contribution < -0.4 is 20.3 Å². The third-order valence-corrected chi connectivity index (χ3v) is 5.16. The van der Waals surface area contributed by atoms with Crippen molar-refractivity contribution in [1.82, 2.24) is 10.6 Å². The van der Waals surface area contributed by atoms with Crippen molar-refractivity contribution in [2.45, 2.75) is 38.3 Å². The van der Waals surface area contributed by atoms with Crippen molar-refractivity contribution >= 4 is 23.4 Å². The molecule has 0 radical (unpaired) electrons. The predicted molar refractivity (Wildman–Crippen MR) is 103 cm³/mol. The van der Waals surface area contributed by atoms with Gasteiger partial charge in [-0.05, 0) is 44.0 Å². The molecule has 0 bridgehead atoms. The Bertz CT molecular complexity index is 715. The molecule has 1 aromatic rings. The average Bonchev–Trinajstić information content (AvgIpc) is 3.35. The molecule has 2 saturated heterocycles. The van der Waals surface area contributed by atoms with E-state index in [1.807, 2.05) is 0 Å². The largest absolute Gasteiger partial charge is 0.497 e. The molecule has 2 heterocycles. The lowest BCUT2D eigenvalue weighted by Crippen LogP contribution is -2.48. The topological polar surface area (TPSA) is 97.0 Å². The van der Waals surface area contributed by atoms with Crippen LogP contribution in [0.15, 0.2) is 24.3 Å². The Hall–Kier alpha value is -2.61. The predicted octanol–water partition coefficient (Wildman–Crippen LogP) is 0.848. The number of carbonyl (C=O) groups excluding carboxylic acids is 3. The Balaban J connectivity index is 1.49. The number of nitrogens with zero attached hydrogens (tertiary/aromatic N) is 1. The molecule has 8 heteroatoms. The molecule has 152 valence electrons. The van der Waals surface area contributed by atoms with E-state index in [-0.39, 0.29) is 30.2 Å². The van der Waals surface area contributed by atoms with E-state index in [0.717, 1.165) is 25.1 Å². The van der Waals surface area contributed by atoms with Gasteiger partial charge in [0.1, 0.15) is 11.8 Å². The molecule has 3 atom stereocenters. The molecule has 2 aliphatic heterocycles. The third kappa shape index (κ3) is 4.81. The monoisotopic (exact) mass is 389 g/mol. The maximum Gasteiger partial charge on any atom is 0.242 e. The average molecular weight is 389 g/mol. The van der Waals surface area contributed by atoms with Crippen LogP contribution in [-0.2, 0) is 19.1 Å². The van der Waals surface area contributed by atoms with Crippen LogP contribution in [0.4, 0.5) is 5.69 Å². The summed E-state index contributed by atoms with van der Waals surface area (Å²) in [7, 11) is 1.58. The van der Waals surface area contributed by atoms with Crippen molar-refractivity contribution in [1.29, 1.82) is 0 Å². The molecule has 0 spiro atoms. The summed E-state index contributed by atoms with van der Waals surface area (Å²) in [5.41, 5.74) is 0.725. The highest BCUT2D eigenvalue weighted by Gasteiger charge is 2.36. The summed E-state index contributed by atoms with van der Waals surface area (Å²) in [4.78, 5) is 38.6. The molecule has 2 fully saturated rings. The molecule has 0 aromatic heterocycles. The van der Waals surface area contributed by atoms with Gasteiger partial charge < -0.3 is 25.0 Å². The summed E-state index contributed by atoms with van der Waals surface area (Å²) < 4.78 is 10.6. The van der Waals surface area contributed by atoms with Crippen LogP contribution in [0.1, 0.15) is 26.2 Å². The zero-order valence-electron chi connectivity index (χ0n) is 16.3. The van der Waals surface area contributed by atoms with Crippen molar-refractivity contribution in [3.63, 3.8) is 0 Å². The van der Waals surface area contributed by atoms with E-state index in [2.05, 4.69) is 10.6 Å². The summed E-state index contributed by atoms with van der Waals surface area (Å²) in [5, 5.41) is 5.52. The minimum atomic E-state index is -0.668. The summed E-state index contributed by atoms with van der Waals surface area (Å²) >= 11 is 0. The van der Waals surface area contributed by atoms with E-state index in [1.54, 1.807) is 43.2 Å². The standard InChI is InChI=1S/C20H27N3O5/c1-13(19(25)21-11-17-4-3-9-28-17)22-20(26)14-10-18(24)23(12-14)15-5-7-16(27-2)8-6-15/h5-8,13-14,17H,3-4,9-12H2,1-2H3,(H,21,25)(H,22,26)/t13-,14?,17?/m0/s1. The van der Waals surface area contributed by atoms with Crippen LogP contribution >= 0.6 is 0 Å². The fourth-order valence-corrected chi connectivity index (χ4v) is 3.46. The second-order valence-electron chi connectivity index (χ2n) is 7.21. The van der Waals surface area contributed by atoms with Crippen LogP contribution in [0.25, 0.3) is 0 Å². The van der Waals surface area contributed by atoms with Crippen LogP contribution in [0.3, 0.4) is 0 Å². The first-order valence-corrected chi connectivity index (χ1v) is 9.62. The van der Waals surface area contributed by atoms with Gasteiger partial charge in [-0.3, -0.25) is 14.4 Å². The highest BCUT2D eigenvalue weighted by atomic mass is 16.5. The third-order valence-electron chi connectivity index (χ3n) is 5.16. The van der Waals surface area contributed by atoms with Crippen LogP contribution in [-0.4, -0.2) is 56.7 Å². The van der Waals surface area contributed by atoms with E-state index in [0.29, 0.717) is 18.8 Å². The highest BCUT2D eigenvalue weighted by Crippen LogP contribution is 2.27. The number of nitrogens with one attached hydrogen (secondary N) is 2. The van der Waals surface area contributed by atoms with Crippen LogP contribution in [0.2, 0.25) is 0 Å². The first kappa shape index (κ1) is 20.1. The van der Waals surface area contributed by atoms with Gasteiger partial charge in [-0.25, -0.2) is 0 Å². The molecular weight excluding hydrogens is 362 g/mol. The summed E-state index contributed by atoms with van der Waals surface area (Å²) in [6.45, 7) is 3.11. The van der Waals surface area contributed by atoms with Gasteiger partial charge in [-0.2, -0.15) is 0 Å². The fourth-order valence-electron chi connectivity index (χ4n) is 3.46. The second-order valence-corrected chi connectivity index (χ2v) is 7.21. The number of amides is 3. The molecule has 2 aliphatic rings. The SMILES string of the molecule is COc1ccc(N2CC(C(=O)N[C@@H](C)C(=O)NCC3CCCO3)CC2=O)cc1. The number of methoxy groups -OCH3 is 1. The number of rotatable bonds is 7. The molecule has 28 heavy (non-hydrogen) atoms. The number of carbonyl (C=O) groups is 3. The van der Waals surface area contributed by atoms with Crippen LogP contribution in [0.5, 0.6) is 5.75 Å². The molecule has 2 unspecified atom stereocenters. The van der Waals surface area contributed by atoms with Crippen LogP contribution in [0, 0.1) is 5.92 Å². The number of hydrogen-bond donors (Lipinski definition) is 2. The molecule has 0 saturated carbocycles. The molecule has 3 amide bonds.